The van der Waals surface area contributed by atoms with Crippen molar-refractivity contribution in [3.05, 3.63) is 72.2 Å². The number of piperazine rings is 1. The van der Waals surface area contributed by atoms with Crippen LogP contribution in [0.3, 0.4) is 0 Å². The van der Waals surface area contributed by atoms with Crippen LogP contribution in [-0.4, -0.2) is 47.0 Å². The zero-order valence-electron chi connectivity index (χ0n) is 15.4. The van der Waals surface area contributed by atoms with Crippen LogP contribution in [-0.2, 0) is 0 Å². The van der Waals surface area contributed by atoms with E-state index in [9.17, 15) is 13.6 Å². The van der Waals surface area contributed by atoms with Crippen molar-refractivity contribution in [1.82, 2.24) is 15.0 Å². The molecule has 1 fully saturated rings. The molecule has 3 aromatic rings. The largest absolute Gasteiger partial charge is 0.353 e. The molecule has 1 saturated heterocycles. The van der Waals surface area contributed by atoms with E-state index in [-0.39, 0.29) is 11.3 Å². The summed E-state index contributed by atoms with van der Waals surface area (Å²) >= 11 is 0. The van der Waals surface area contributed by atoms with Crippen molar-refractivity contribution in [1.29, 1.82) is 0 Å². The van der Waals surface area contributed by atoms with Crippen LogP contribution in [0.25, 0.3) is 0 Å². The molecule has 9 heteroatoms. The summed E-state index contributed by atoms with van der Waals surface area (Å²) in [6.45, 7) is 3.02. The minimum atomic E-state index is -0.846. The summed E-state index contributed by atoms with van der Waals surface area (Å²) in [6, 6.07) is 8.76. The molecule has 7 nitrogen and oxygen atoms in total. The summed E-state index contributed by atoms with van der Waals surface area (Å²) in [5.41, 5.74) is 0.0794. The van der Waals surface area contributed by atoms with Gasteiger partial charge >= 0.3 is 0 Å². The van der Waals surface area contributed by atoms with Gasteiger partial charge in [0.2, 0.25) is 5.95 Å². The van der Waals surface area contributed by atoms with Gasteiger partial charge < -0.3 is 15.1 Å². The SMILES string of the molecule is O=C(Nc1ccc(F)cc1F)c1cnc(N2CCN(c3ccccn3)CC2)nc1. The van der Waals surface area contributed by atoms with Gasteiger partial charge in [-0.05, 0) is 24.3 Å². The molecule has 4 rings (SSSR count). The highest BCUT2D eigenvalue weighted by Crippen LogP contribution is 2.18. The summed E-state index contributed by atoms with van der Waals surface area (Å²) < 4.78 is 26.7. The van der Waals surface area contributed by atoms with E-state index in [1.165, 1.54) is 18.5 Å². The normalized spacial score (nSPS) is 14.0. The molecule has 1 aromatic carbocycles. The number of carbonyl (C=O) groups is 1. The minimum absolute atomic E-state index is 0.105. The number of carbonyl (C=O) groups excluding carboxylic acids is 1. The van der Waals surface area contributed by atoms with Crippen molar-refractivity contribution in [2.75, 3.05) is 41.3 Å². The minimum Gasteiger partial charge on any atom is -0.353 e. The van der Waals surface area contributed by atoms with E-state index in [4.69, 9.17) is 0 Å². The second-order valence-electron chi connectivity index (χ2n) is 6.51. The lowest BCUT2D eigenvalue weighted by molar-refractivity contribution is 0.102. The highest BCUT2D eigenvalue weighted by molar-refractivity contribution is 6.03. The quantitative estimate of drug-likeness (QED) is 0.731. The third-order valence-corrected chi connectivity index (χ3v) is 4.62. The van der Waals surface area contributed by atoms with Gasteiger partial charge in [0.25, 0.3) is 5.91 Å². The monoisotopic (exact) mass is 396 g/mol. The lowest BCUT2D eigenvalue weighted by Gasteiger charge is -2.35. The summed E-state index contributed by atoms with van der Waals surface area (Å²) in [5, 5.41) is 2.39. The highest BCUT2D eigenvalue weighted by Gasteiger charge is 2.20. The Labute approximate surface area is 166 Å². The fourth-order valence-corrected chi connectivity index (χ4v) is 3.06. The lowest BCUT2D eigenvalue weighted by atomic mass is 10.2. The van der Waals surface area contributed by atoms with E-state index >= 15 is 0 Å². The number of pyridine rings is 1. The van der Waals surface area contributed by atoms with Crippen LogP contribution in [0.1, 0.15) is 10.4 Å². The van der Waals surface area contributed by atoms with E-state index in [0.717, 1.165) is 38.1 Å². The first-order valence-corrected chi connectivity index (χ1v) is 9.09. The maximum absolute atomic E-state index is 13.7. The number of hydrogen-bond donors (Lipinski definition) is 1. The summed E-state index contributed by atoms with van der Waals surface area (Å²) in [4.78, 5) is 29.4. The standard InChI is InChI=1S/C20H18F2N6O/c21-15-4-5-17(16(22)11-15)26-19(29)14-12-24-20(25-13-14)28-9-7-27(8-10-28)18-3-1-2-6-23-18/h1-6,11-13H,7-10H2,(H,26,29). The Morgan fingerprint density at radius 1 is 0.931 bits per heavy atom. The molecule has 29 heavy (non-hydrogen) atoms. The van der Waals surface area contributed by atoms with Crippen molar-refractivity contribution < 1.29 is 13.6 Å². The number of nitrogens with one attached hydrogen (secondary N) is 1. The third kappa shape index (κ3) is 4.29. The maximum atomic E-state index is 13.7. The van der Waals surface area contributed by atoms with Crippen molar-refractivity contribution in [3.8, 4) is 0 Å². The molecular formula is C20H18F2N6O. The molecule has 1 amide bonds. The predicted molar refractivity (Wildman–Crippen MR) is 105 cm³/mol. The molecule has 0 spiro atoms. The summed E-state index contributed by atoms with van der Waals surface area (Å²) in [5.74, 6) is -0.664. The first-order chi connectivity index (χ1) is 14.1. The number of halogens is 2. The Balaban J connectivity index is 1.37. The second-order valence-corrected chi connectivity index (χ2v) is 6.51. The van der Waals surface area contributed by atoms with Crippen LogP contribution >= 0.6 is 0 Å². The predicted octanol–water partition coefficient (Wildman–Crippen LogP) is 2.73. The third-order valence-electron chi connectivity index (χ3n) is 4.62. The number of nitrogens with zero attached hydrogens (tertiary/aromatic N) is 5. The number of rotatable bonds is 4. The molecule has 1 aliphatic rings. The van der Waals surface area contributed by atoms with E-state index < -0.39 is 17.5 Å². The van der Waals surface area contributed by atoms with Crippen molar-refractivity contribution in [2.45, 2.75) is 0 Å². The Kier molecular flexibility index (Phi) is 5.28. The molecule has 3 heterocycles. The Morgan fingerprint density at radius 3 is 2.31 bits per heavy atom. The molecule has 0 bridgehead atoms. The first kappa shape index (κ1) is 18.7. The second kappa shape index (κ2) is 8.17. The van der Waals surface area contributed by atoms with Gasteiger partial charge in [-0.3, -0.25) is 4.79 Å². The molecule has 1 aliphatic heterocycles. The van der Waals surface area contributed by atoms with E-state index in [0.29, 0.717) is 12.0 Å². The number of aromatic nitrogens is 3. The van der Waals surface area contributed by atoms with Gasteiger partial charge in [-0.1, -0.05) is 6.07 Å². The topological polar surface area (TPSA) is 74.2 Å². The maximum Gasteiger partial charge on any atom is 0.258 e. The molecular weight excluding hydrogens is 378 g/mol. The zero-order valence-corrected chi connectivity index (χ0v) is 15.4. The van der Waals surface area contributed by atoms with Crippen LogP contribution in [0.5, 0.6) is 0 Å². The smallest absolute Gasteiger partial charge is 0.258 e. The Hall–Kier alpha value is -3.62. The van der Waals surface area contributed by atoms with Crippen molar-refractivity contribution in [2.24, 2.45) is 0 Å². The molecule has 0 aliphatic carbocycles. The summed E-state index contributed by atoms with van der Waals surface area (Å²) in [6.07, 6.45) is 4.56. The van der Waals surface area contributed by atoms with Gasteiger partial charge in [0.05, 0.1) is 11.3 Å². The fraction of sp³-hybridized carbons (Fsp3) is 0.200. The van der Waals surface area contributed by atoms with Gasteiger partial charge in [0, 0.05) is 50.8 Å². The van der Waals surface area contributed by atoms with Gasteiger partial charge in [0.15, 0.2) is 0 Å². The number of hydrogen-bond acceptors (Lipinski definition) is 6. The molecule has 148 valence electrons. The molecule has 1 N–H and O–H groups in total. The average molecular weight is 396 g/mol. The molecule has 0 atom stereocenters. The number of anilines is 3. The van der Waals surface area contributed by atoms with Crippen LogP contribution < -0.4 is 15.1 Å². The van der Waals surface area contributed by atoms with E-state index in [1.807, 2.05) is 23.1 Å². The number of amides is 1. The first-order valence-electron chi connectivity index (χ1n) is 9.09. The lowest BCUT2D eigenvalue weighted by Crippen LogP contribution is -2.47. The molecule has 2 aromatic heterocycles. The van der Waals surface area contributed by atoms with Crippen molar-refractivity contribution >= 4 is 23.4 Å². The van der Waals surface area contributed by atoms with Gasteiger partial charge in [0.1, 0.15) is 17.5 Å². The molecule has 0 saturated carbocycles. The van der Waals surface area contributed by atoms with Crippen LogP contribution in [0.2, 0.25) is 0 Å². The van der Waals surface area contributed by atoms with Gasteiger partial charge in [-0.15, -0.1) is 0 Å². The molecule has 0 radical (unpaired) electrons. The van der Waals surface area contributed by atoms with E-state index in [2.05, 4.69) is 25.2 Å². The van der Waals surface area contributed by atoms with E-state index in [1.54, 1.807) is 6.20 Å². The van der Waals surface area contributed by atoms with Gasteiger partial charge in [-0.25, -0.2) is 23.7 Å². The van der Waals surface area contributed by atoms with Gasteiger partial charge in [-0.2, -0.15) is 0 Å². The zero-order chi connectivity index (χ0) is 20.2. The van der Waals surface area contributed by atoms with Crippen LogP contribution in [0, 0.1) is 11.6 Å². The highest BCUT2D eigenvalue weighted by atomic mass is 19.1. The van der Waals surface area contributed by atoms with Crippen LogP contribution in [0.15, 0.2) is 55.0 Å². The number of benzene rings is 1. The summed E-state index contributed by atoms with van der Waals surface area (Å²) in [7, 11) is 0. The van der Waals surface area contributed by atoms with Crippen LogP contribution in [0.4, 0.5) is 26.2 Å². The Bertz CT molecular complexity index is 992. The fourth-order valence-electron chi connectivity index (χ4n) is 3.06. The molecule has 0 unspecified atom stereocenters. The Morgan fingerprint density at radius 2 is 1.66 bits per heavy atom. The average Bonchev–Trinajstić information content (AvgIpc) is 2.76. The van der Waals surface area contributed by atoms with Crippen molar-refractivity contribution in [3.63, 3.8) is 0 Å².